The Labute approximate surface area is 109 Å². The Bertz CT molecular complexity index is 273. The molecular weight excluding hydrogens is 216 g/mol. The van der Waals surface area contributed by atoms with E-state index in [1.807, 2.05) is 12.2 Å². The molecule has 0 saturated carbocycles. The Morgan fingerprint density at radius 2 is 1.20 bits per heavy atom. The van der Waals surface area contributed by atoms with Gasteiger partial charge >= 0.3 is 21.7 Å². The number of rotatable bonds is 0. The summed E-state index contributed by atoms with van der Waals surface area (Å²) in [7, 11) is 0. The molecule has 0 nitrogen and oxygen atoms in total. The van der Waals surface area contributed by atoms with E-state index in [4.69, 9.17) is 0 Å². The van der Waals surface area contributed by atoms with E-state index >= 15 is 0 Å². The van der Waals surface area contributed by atoms with Crippen LogP contribution in [0.15, 0.2) is 35.5 Å². The first-order valence-corrected chi connectivity index (χ1v) is 5.13. The summed E-state index contributed by atoms with van der Waals surface area (Å²) in [6, 6.07) is 0. The van der Waals surface area contributed by atoms with Gasteiger partial charge in [-0.25, -0.2) is 23.3 Å². The summed E-state index contributed by atoms with van der Waals surface area (Å²) < 4.78 is 0. The van der Waals surface area contributed by atoms with Crippen molar-refractivity contribution in [2.45, 2.75) is 27.7 Å². The molecule has 78 valence electrons. The van der Waals surface area contributed by atoms with Crippen molar-refractivity contribution in [3.05, 3.63) is 47.6 Å². The van der Waals surface area contributed by atoms with Crippen molar-refractivity contribution in [1.82, 2.24) is 0 Å². The second kappa shape index (κ2) is 7.03. The Balaban J connectivity index is 0.000000245. The molecule has 0 N–H and O–H groups in total. The van der Waals surface area contributed by atoms with Crippen molar-refractivity contribution in [2.24, 2.45) is 11.8 Å². The molecule has 0 aromatic rings. The number of hydrogen-bond acceptors (Lipinski definition) is 0. The van der Waals surface area contributed by atoms with Gasteiger partial charge in [-0.1, -0.05) is 25.7 Å². The topological polar surface area (TPSA) is 0 Å². The molecule has 0 heterocycles. The molecule has 0 aromatic carbocycles. The van der Waals surface area contributed by atoms with Gasteiger partial charge in [-0.3, -0.25) is 12.2 Å². The molecule has 0 aromatic heterocycles. The first kappa shape index (κ1) is 14.7. The summed E-state index contributed by atoms with van der Waals surface area (Å²) in [6.07, 6.45) is 14.8. The predicted molar refractivity (Wildman–Crippen MR) is 61.5 cm³/mol. The van der Waals surface area contributed by atoms with Crippen molar-refractivity contribution in [2.75, 3.05) is 0 Å². The van der Waals surface area contributed by atoms with E-state index in [9.17, 15) is 0 Å². The zero-order valence-corrected chi connectivity index (χ0v) is 11.5. The van der Waals surface area contributed by atoms with Gasteiger partial charge in [-0.2, -0.15) is 12.2 Å². The SMILES string of the molecule is CC1=CC(C)[C-]=C1.CC1=CC(C)[C-]=C1.[Ti+2]. The van der Waals surface area contributed by atoms with Crippen LogP contribution in [0.4, 0.5) is 0 Å². The second-order valence-corrected chi connectivity index (χ2v) is 4.02. The van der Waals surface area contributed by atoms with Crippen LogP contribution in [-0.4, -0.2) is 0 Å². The molecule has 2 aliphatic rings. The zero-order valence-electron chi connectivity index (χ0n) is 9.96. The predicted octanol–water partition coefficient (Wildman–Crippen LogP) is 3.88. The third-order valence-electron chi connectivity index (χ3n) is 2.17. The third kappa shape index (κ3) is 5.97. The van der Waals surface area contributed by atoms with E-state index < -0.39 is 0 Å². The quantitative estimate of drug-likeness (QED) is 0.440. The van der Waals surface area contributed by atoms with Crippen LogP contribution in [0.25, 0.3) is 0 Å². The normalized spacial score (nSPS) is 26.4. The Hall–Kier alpha value is -0.326. The van der Waals surface area contributed by atoms with E-state index in [1.165, 1.54) is 11.1 Å². The van der Waals surface area contributed by atoms with E-state index in [2.05, 4.69) is 52.0 Å². The Morgan fingerprint density at radius 1 is 0.867 bits per heavy atom. The van der Waals surface area contributed by atoms with Gasteiger partial charge < -0.3 is 0 Å². The number of allylic oxidation sites excluding steroid dienone is 8. The Morgan fingerprint density at radius 3 is 1.27 bits per heavy atom. The van der Waals surface area contributed by atoms with Crippen LogP contribution in [0, 0.1) is 24.0 Å². The Kier molecular flexibility index (Phi) is 6.88. The first-order chi connectivity index (χ1) is 6.58. The van der Waals surface area contributed by atoms with E-state index in [1.54, 1.807) is 0 Å². The minimum absolute atomic E-state index is 0. The summed E-state index contributed by atoms with van der Waals surface area (Å²) in [6.45, 7) is 8.45. The maximum atomic E-state index is 3.15. The zero-order chi connectivity index (χ0) is 10.6. The average Bonchev–Trinajstić information content (AvgIpc) is 2.63. The van der Waals surface area contributed by atoms with E-state index in [-0.39, 0.29) is 21.7 Å². The molecule has 0 saturated heterocycles. The maximum absolute atomic E-state index is 3.15. The third-order valence-corrected chi connectivity index (χ3v) is 2.17. The van der Waals surface area contributed by atoms with Crippen LogP contribution >= 0.6 is 0 Å². The van der Waals surface area contributed by atoms with Crippen LogP contribution in [-0.2, 0) is 21.7 Å². The van der Waals surface area contributed by atoms with Crippen LogP contribution in [0.1, 0.15) is 27.7 Å². The van der Waals surface area contributed by atoms with Gasteiger partial charge in [0.15, 0.2) is 0 Å². The molecule has 2 unspecified atom stereocenters. The standard InChI is InChI=1S/2C7H9.Ti/c2*1-6-3-4-7(2)5-6;/h2*3,5,7H,1-2H3;/q2*-1;+2. The second-order valence-electron chi connectivity index (χ2n) is 4.02. The molecule has 0 bridgehead atoms. The van der Waals surface area contributed by atoms with Crippen molar-refractivity contribution < 1.29 is 21.7 Å². The van der Waals surface area contributed by atoms with Gasteiger partial charge in [0, 0.05) is 0 Å². The molecule has 2 atom stereocenters. The molecule has 15 heavy (non-hydrogen) atoms. The molecule has 2 rings (SSSR count). The van der Waals surface area contributed by atoms with Crippen molar-refractivity contribution in [3.63, 3.8) is 0 Å². The van der Waals surface area contributed by atoms with Crippen LogP contribution in [0.5, 0.6) is 0 Å². The maximum Gasteiger partial charge on any atom is 2.00 e. The minimum atomic E-state index is 0. The van der Waals surface area contributed by atoms with Gasteiger partial charge in [0.25, 0.3) is 0 Å². The van der Waals surface area contributed by atoms with Gasteiger partial charge in [-0.15, -0.1) is 13.8 Å². The largest absolute Gasteiger partial charge is 2.00 e. The summed E-state index contributed by atoms with van der Waals surface area (Å²) >= 11 is 0. The van der Waals surface area contributed by atoms with E-state index in [0.29, 0.717) is 11.8 Å². The van der Waals surface area contributed by atoms with Crippen LogP contribution in [0.3, 0.4) is 0 Å². The van der Waals surface area contributed by atoms with E-state index in [0.717, 1.165) is 0 Å². The number of hydrogen-bond donors (Lipinski definition) is 0. The molecule has 0 spiro atoms. The molecule has 0 fully saturated rings. The fraction of sp³-hybridized carbons (Fsp3) is 0.429. The average molecular weight is 234 g/mol. The minimum Gasteiger partial charge on any atom is -0.270 e. The van der Waals surface area contributed by atoms with Crippen molar-refractivity contribution in [3.8, 4) is 0 Å². The van der Waals surface area contributed by atoms with Gasteiger partial charge in [0.1, 0.15) is 0 Å². The van der Waals surface area contributed by atoms with Crippen LogP contribution in [0.2, 0.25) is 0 Å². The van der Waals surface area contributed by atoms with Gasteiger partial charge in [-0.05, 0) is 0 Å². The molecule has 0 radical (unpaired) electrons. The molecule has 2 aliphatic carbocycles. The first-order valence-electron chi connectivity index (χ1n) is 5.13. The smallest absolute Gasteiger partial charge is 0.270 e. The fourth-order valence-electron chi connectivity index (χ4n) is 1.51. The fourth-order valence-corrected chi connectivity index (χ4v) is 1.51. The monoisotopic (exact) mass is 234 g/mol. The summed E-state index contributed by atoms with van der Waals surface area (Å²) in [5.41, 5.74) is 2.68. The molecular formula is C14H18Ti. The molecule has 0 aliphatic heterocycles. The van der Waals surface area contributed by atoms with Gasteiger partial charge in [0.05, 0.1) is 0 Å². The molecule has 0 amide bonds. The summed E-state index contributed by atoms with van der Waals surface area (Å²) in [5, 5.41) is 0. The molecule has 1 heteroatoms. The van der Waals surface area contributed by atoms with Crippen molar-refractivity contribution in [1.29, 1.82) is 0 Å². The van der Waals surface area contributed by atoms with Gasteiger partial charge in [0.2, 0.25) is 0 Å². The summed E-state index contributed by atoms with van der Waals surface area (Å²) in [4.78, 5) is 0. The van der Waals surface area contributed by atoms with Crippen molar-refractivity contribution >= 4 is 0 Å². The summed E-state index contributed by atoms with van der Waals surface area (Å²) in [5.74, 6) is 1.11. The van der Waals surface area contributed by atoms with Crippen LogP contribution < -0.4 is 0 Å².